The minimum atomic E-state index is 0.643. The van der Waals surface area contributed by atoms with Crippen LogP contribution in [0.5, 0.6) is 0 Å². The minimum Gasteiger partial charge on any atom is -0.108 e. The van der Waals surface area contributed by atoms with Crippen molar-refractivity contribution in [3.63, 3.8) is 0 Å². The summed E-state index contributed by atoms with van der Waals surface area (Å²) in [4.78, 5) is 0. The maximum absolute atomic E-state index is 5.30. The van der Waals surface area contributed by atoms with Gasteiger partial charge in [0.25, 0.3) is 0 Å². The number of fused-ring (bicyclic) bond motifs is 4. The van der Waals surface area contributed by atoms with Crippen LogP contribution < -0.4 is 0 Å². The molecule has 2 heterocycles. The lowest BCUT2D eigenvalue weighted by Gasteiger charge is -2.23. The van der Waals surface area contributed by atoms with Crippen LogP contribution in [0.15, 0.2) is 32.7 Å². The Kier molecular flexibility index (Phi) is 2.66. The Bertz CT molecular complexity index is 638. The second-order valence-electron chi connectivity index (χ2n) is 4.13. The highest BCUT2D eigenvalue weighted by atomic mass is 32.2. The Morgan fingerprint density at radius 3 is 2.71 bits per heavy atom. The van der Waals surface area contributed by atoms with Crippen molar-refractivity contribution in [1.82, 2.24) is 0 Å². The van der Waals surface area contributed by atoms with Crippen LogP contribution >= 0.6 is 58.4 Å². The molecule has 0 spiro atoms. The van der Waals surface area contributed by atoms with E-state index < -0.39 is 0 Å². The SMILES string of the molecule is S=c1sc2c(s1)S[C@@H]1Cc3ccccc3[C@H]1S2. The Morgan fingerprint density at radius 2 is 1.82 bits per heavy atom. The molecule has 2 aromatic rings. The Balaban J connectivity index is 1.81. The molecular formula is C12H8S5. The van der Waals surface area contributed by atoms with Crippen LogP contribution in [0, 0.1) is 3.14 Å². The van der Waals surface area contributed by atoms with Gasteiger partial charge in [-0.3, -0.25) is 0 Å². The average Bonchev–Trinajstić information content (AvgIpc) is 2.84. The topological polar surface area (TPSA) is 0 Å². The molecule has 86 valence electrons. The summed E-state index contributed by atoms with van der Waals surface area (Å²) in [5.74, 6) is 0. The van der Waals surface area contributed by atoms with Crippen molar-refractivity contribution in [2.24, 2.45) is 0 Å². The predicted octanol–water partition coefficient (Wildman–Crippen LogP) is 5.40. The normalized spacial score (nSPS) is 25.2. The molecule has 0 fully saturated rings. The van der Waals surface area contributed by atoms with Crippen molar-refractivity contribution in [2.75, 3.05) is 0 Å². The quantitative estimate of drug-likeness (QED) is 0.598. The van der Waals surface area contributed by atoms with Gasteiger partial charge in [0.15, 0.2) is 0 Å². The number of hydrogen-bond donors (Lipinski definition) is 0. The first kappa shape index (κ1) is 11.1. The van der Waals surface area contributed by atoms with Gasteiger partial charge in [-0.25, -0.2) is 0 Å². The highest BCUT2D eigenvalue weighted by Gasteiger charge is 2.38. The molecule has 0 unspecified atom stereocenters. The van der Waals surface area contributed by atoms with Gasteiger partial charge < -0.3 is 0 Å². The lowest BCUT2D eigenvalue weighted by Crippen LogP contribution is -2.09. The van der Waals surface area contributed by atoms with Gasteiger partial charge in [-0.2, -0.15) is 0 Å². The number of thioether (sulfide) groups is 2. The zero-order chi connectivity index (χ0) is 11.4. The van der Waals surface area contributed by atoms with Gasteiger partial charge in [-0.15, -0.1) is 46.2 Å². The fourth-order valence-electron chi connectivity index (χ4n) is 2.42. The first-order chi connectivity index (χ1) is 8.31. The van der Waals surface area contributed by atoms with Crippen molar-refractivity contribution in [1.29, 1.82) is 0 Å². The van der Waals surface area contributed by atoms with Crippen LogP contribution in [-0.2, 0) is 6.42 Å². The summed E-state index contributed by atoms with van der Waals surface area (Å²) in [5.41, 5.74) is 3.09. The molecule has 0 N–H and O–H groups in total. The minimum absolute atomic E-state index is 0.643. The zero-order valence-corrected chi connectivity index (χ0v) is 12.8. The molecular weight excluding hydrogens is 304 g/mol. The van der Waals surface area contributed by atoms with Crippen LogP contribution in [0.4, 0.5) is 0 Å². The van der Waals surface area contributed by atoms with E-state index in [-0.39, 0.29) is 0 Å². The summed E-state index contributed by atoms with van der Waals surface area (Å²) >= 11 is 13.0. The summed E-state index contributed by atoms with van der Waals surface area (Å²) in [6.07, 6.45) is 1.22. The first-order valence-corrected chi connectivity index (χ1v) is 9.16. The van der Waals surface area contributed by atoms with Crippen molar-refractivity contribution < 1.29 is 0 Å². The average molecular weight is 313 g/mol. The predicted molar refractivity (Wildman–Crippen MR) is 81.4 cm³/mol. The second-order valence-corrected chi connectivity index (χ2v) is 10.3. The zero-order valence-electron chi connectivity index (χ0n) is 8.71. The molecule has 0 radical (unpaired) electrons. The number of rotatable bonds is 0. The summed E-state index contributed by atoms with van der Waals surface area (Å²) in [7, 11) is 0. The fraction of sp³-hybridized carbons (Fsp3) is 0.250. The molecule has 1 aromatic carbocycles. The van der Waals surface area contributed by atoms with Crippen LogP contribution in [0.2, 0.25) is 0 Å². The van der Waals surface area contributed by atoms with Crippen LogP contribution in [-0.4, -0.2) is 5.25 Å². The second kappa shape index (κ2) is 4.10. The molecule has 1 aliphatic heterocycles. The monoisotopic (exact) mass is 312 g/mol. The van der Waals surface area contributed by atoms with Gasteiger partial charge in [0.05, 0.1) is 8.42 Å². The van der Waals surface area contributed by atoms with Crippen LogP contribution in [0.1, 0.15) is 16.4 Å². The van der Waals surface area contributed by atoms with E-state index in [0.29, 0.717) is 10.5 Å². The number of hydrogen-bond acceptors (Lipinski definition) is 5. The van der Waals surface area contributed by atoms with E-state index in [2.05, 4.69) is 24.3 Å². The Hall–Kier alpha value is 0.190. The summed E-state index contributed by atoms with van der Waals surface area (Å²) in [5, 5.41) is 1.36. The largest absolute Gasteiger partial charge is 0.145 e. The maximum atomic E-state index is 5.30. The summed E-state index contributed by atoms with van der Waals surface area (Å²) in [6.45, 7) is 0. The van der Waals surface area contributed by atoms with Gasteiger partial charge in [0, 0.05) is 10.5 Å². The van der Waals surface area contributed by atoms with Crippen molar-refractivity contribution in [3.8, 4) is 0 Å². The van der Waals surface area contributed by atoms with E-state index in [9.17, 15) is 0 Å². The Labute approximate surface area is 121 Å². The van der Waals surface area contributed by atoms with Gasteiger partial charge in [0.2, 0.25) is 0 Å². The molecule has 0 saturated heterocycles. The third kappa shape index (κ3) is 1.75. The van der Waals surface area contributed by atoms with Crippen molar-refractivity contribution in [3.05, 3.63) is 38.5 Å². The highest BCUT2D eigenvalue weighted by Crippen LogP contribution is 2.59. The van der Waals surface area contributed by atoms with E-state index in [4.69, 9.17) is 12.2 Å². The molecule has 0 saturated carbocycles. The van der Waals surface area contributed by atoms with Gasteiger partial charge >= 0.3 is 0 Å². The summed E-state index contributed by atoms with van der Waals surface area (Å²) < 4.78 is 3.98. The smallest absolute Gasteiger partial charge is 0.108 e. The Morgan fingerprint density at radius 1 is 1.06 bits per heavy atom. The van der Waals surface area contributed by atoms with Crippen LogP contribution in [0.3, 0.4) is 0 Å². The van der Waals surface area contributed by atoms with Gasteiger partial charge in [-0.1, -0.05) is 36.5 Å². The molecule has 4 rings (SSSR count). The molecule has 2 atom stereocenters. The summed E-state index contributed by atoms with van der Waals surface area (Å²) in [6, 6.07) is 8.90. The number of benzene rings is 1. The lowest BCUT2D eigenvalue weighted by molar-refractivity contribution is 0.906. The fourth-order valence-corrected chi connectivity index (χ4v) is 9.50. The maximum Gasteiger partial charge on any atom is 0.145 e. The highest BCUT2D eigenvalue weighted by molar-refractivity contribution is 8.09. The van der Waals surface area contributed by atoms with E-state index in [0.717, 1.165) is 3.14 Å². The third-order valence-electron chi connectivity index (χ3n) is 3.13. The molecule has 1 aliphatic carbocycles. The first-order valence-electron chi connectivity index (χ1n) is 5.36. The molecule has 0 bridgehead atoms. The lowest BCUT2D eigenvalue weighted by atomic mass is 10.1. The third-order valence-corrected chi connectivity index (χ3v) is 9.42. The van der Waals surface area contributed by atoms with Gasteiger partial charge in [0.1, 0.15) is 3.14 Å². The van der Waals surface area contributed by atoms with E-state index in [1.807, 2.05) is 23.5 Å². The standard InChI is InChI=1S/C12H8S5/c13-12-16-10-11(17-12)15-9-7-4-2-1-3-6(7)5-8(9)14-10/h1-4,8-9H,5H2/t8-,9-/m1/s1. The van der Waals surface area contributed by atoms with Crippen molar-refractivity contribution >= 4 is 58.4 Å². The molecule has 0 amide bonds. The van der Waals surface area contributed by atoms with Crippen LogP contribution in [0.25, 0.3) is 0 Å². The molecule has 5 heteroatoms. The van der Waals surface area contributed by atoms with E-state index >= 15 is 0 Å². The van der Waals surface area contributed by atoms with Crippen molar-refractivity contribution in [2.45, 2.75) is 25.3 Å². The molecule has 1 aromatic heterocycles. The molecule has 17 heavy (non-hydrogen) atoms. The van der Waals surface area contributed by atoms with Gasteiger partial charge in [-0.05, 0) is 17.5 Å². The molecule has 0 nitrogen and oxygen atoms in total. The van der Waals surface area contributed by atoms with E-state index in [1.54, 1.807) is 33.8 Å². The van der Waals surface area contributed by atoms with E-state index in [1.165, 1.54) is 14.8 Å². The molecule has 2 aliphatic rings.